The summed E-state index contributed by atoms with van der Waals surface area (Å²) in [6.45, 7) is 4.15. The van der Waals surface area contributed by atoms with Crippen LogP contribution in [-0.4, -0.2) is 5.97 Å². The number of halogens is 1. The average Bonchev–Trinajstić information content (AvgIpc) is 2.75. The first-order valence-electron chi connectivity index (χ1n) is 12.5. The molecule has 2 nitrogen and oxygen atoms in total. The first kappa shape index (κ1) is 21.8. The summed E-state index contributed by atoms with van der Waals surface area (Å²) in [6.07, 6.45) is 15.4. The molecule has 4 rings (SSSR count). The Bertz CT molecular complexity index is 722. The molecule has 0 heterocycles. The van der Waals surface area contributed by atoms with Gasteiger partial charge in [0.1, 0.15) is 0 Å². The van der Waals surface area contributed by atoms with E-state index in [1.54, 1.807) is 12.1 Å². The number of aryl methyl sites for hydroxylation is 1. The molecule has 3 fully saturated rings. The van der Waals surface area contributed by atoms with Crippen molar-refractivity contribution in [2.75, 3.05) is 0 Å². The Morgan fingerprint density at radius 1 is 1.00 bits per heavy atom. The second-order valence-electron chi connectivity index (χ2n) is 10.5. The lowest BCUT2D eigenvalue weighted by molar-refractivity contribution is -0.144. The summed E-state index contributed by atoms with van der Waals surface area (Å²) >= 11 is 0. The molecular weight excluding hydrogens is 375 g/mol. The molecule has 0 saturated heterocycles. The molecule has 0 aliphatic heterocycles. The Balaban J connectivity index is 1.34. The van der Waals surface area contributed by atoms with Crippen LogP contribution >= 0.6 is 0 Å². The van der Waals surface area contributed by atoms with E-state index < -0.39 is 5.82 Å². The van der Waals surface area contributed by atoms with Gasteiger partial charge in [0.15, 0.2) is 11.6 Å². The molecular formula is C27H39FO2. The van der Waals surface area contributed by atoms with E-state index in [-0.39, 0.29) is 17.6 Å². The van der Waals surface area contributed by atoms with Crippen molar-refractivity contribution >= 4 is 5.97 Å². The van der Waals surface area contributed by atoms with Crippen LogP contribution in [0.15, 0.2) is 18.2 Å². The molecule has 3 aliphatic rings. The van der Waals surface area contributed by atoms with Gasteiger partial charge in [-0.3, -0.25) is 4.79 Å². The van der Waals surface area contributed by atoms with Gasteiger partial charge in [-0.15, -0.1) is 0 Å². The Morgan fingerprint density at radius 2 is 1.77 bits per heavy atom. The minimum absolute atomic E-state index is 0.0503. The molecule has 1 aromatic carbocycles. The van der Waals surface area contributed by atoms with Crippen LogP contribution in [0.3, 0.4) is 0 Å². The quantitative estimate of drug-likeness (QED) is 0.369. The molecule has 4 atom stereocenters. The smallest absolute Gasteiger partial charge is 0.314 e. The van der Waals surface area contributed by atoms with Gasteiger partial charge in [-0.1, -0.05) is 51.5 Å². The molecule has 3 heteroatoms. The Labute approximate surface area is 182 Å². The van der Waals surface area contributed by atoms with Crippen LogP contribution in [0.25, 0.3) is 0 Å². The number of hydrogen-bond acceptors (Lipinski definition) is 2. The number of carbonyl (C=O) groups excluding carboxylic acids is 1. The molecule has 166 valence electrons. The van der Waals surface area contributed by atoms with Gasteiger partial charge in [-0.2, -0.15) is 0 Å². The summed E-state index contributed by atoms with van der Waals surface area (Å²) in [5.74, 6) is 3.24. The fraction of sp³-hybridized carbons (Fsp3) is 0.741. The second kappa shape index (κ2) is 9.83. The van der Waals surface area contributed by atoms with Gasteiger partial charge in [0.2, 0.25) is 0 Å². The zero-order valence-corrected chi connectivity index (χ0v) is 18.9. The highest BCUT2D eigenvalue weighted by atomic mass is 19.1. The summed E-state index contributed by atoms with van der Waals surface area (Å²) in [5.41, 5.74) is 0.840. The van der Waals surface area contributed by atoms with Crippen LogP contribution in [0.5, 0.6) is 5.75 Å². The van der Waals surface area contributed by atoms with Crippen LogP contribution in [0, 0.1) is 48.2 Å². The molecule has 1 aromatic rings. The second-order valence-corrected chi connectivity index (χ2v) is 10.5. The molecule has 0 radical (unpaired) electrons. The van der Waals surface area contributed by atoms with Gasteiger partial charge >= 0.3 is 5.97 Å². The van der Waals surface area contributed by atoms with Crippen molar-refractivity contribution in [2.24, 2.45) is 35.5 Å². The molecule has 3 saturated carbocycles. The SMILES string of the molecule is CCCC1CCC(C2CCC3C(CCCC3C(=O)Oc3ccc(C)cc3F)C2)CC1. The summed E-state index contributed by atoms with van der Waals surface area (Å²) in [7, 11) is 0. The van der Waals surface area contributed by atoms with Crippen LogP contribution in [0.1, 0.15) is 89.5 Å². The van der Waals surface area contributed by atoms with Gasteiger partial charge in [-0.05, 0) is 92.7 Å². The Kier molecular flexibility index (Phi) is 7.16. The van der Waals surface area contributed by atoms with E-state index in [1.165, 1.54) is 63.9 Å². The number of benzene rings is 1. The van der Waals surface area contributed by atoms with Crippen molar-refractivity contribution in [3.8, 4) is 5.75 Å². The summed E-state index contributed by atoms with van der Waals surface area (Å²) in [6, 6.07) is 4.83. The maximum atomic E-state index is 14.2. The number of carbonyl (C=O) groups is 1. The van der Waals surface area contributed by atoms with E-state index in [0.29, 0.717) is 11.8 Å². The number of fused-ring (bicyclic) bond motifs is 1. The Morgan fingerprint density at radius 3 is 2.50 bits per heavy atom. The van der Waals surface area contributed by atoms with Crippen molar-refractivity contribution in [3.63, 3.8) is 0 Å². The molecule has 30 heavy (non-hydrogen) atoms. The standard InChI is InChI=1S/C27H39FO2/c1-3-5-19-9-11-20(12-10-19)21-13-14-23-22(17-21)6-4-7-24(23)27(29)30-26-15-8-18(2)16-25(26)28/h8,15-16,19-24H,3-7,9-14,17H2,1-2H3. The third-order valence-electron chi connectivity index (χ3n) is 8.54. The Hall–Kier alpha value is -1.38. The summed E-state index contributed by atoms with van der Waals surface area (Å²) in [4.78, 5) is 13.0. The molecule has 3 aliphatic carbocycles. The van der Waals surface area contributed by atoms with E-state index in [4.69, 9.17) is 4.74 Å². The van der Waals surface area contributed by atoms with Gasteiger partial charge < -0.3 is 4.74 Å². The topological polar surface area (TPSA) is 26.3 Å². The largest absolute Gasteiger partial charge is 0.423 e. The molecule has 0 aromatic heterocycles. The minimum Gasteiger partial charge on any atom is -0.423 e. The van der Waals surface area contributed by atoms with Gasteiger partial charge in [0.05, 0.1) is 5.92 Å². The van der Waals surface area contributed by atoms with Crippen molar-refractivity contribution in [1.29, 1.82) is 0 Å². The van der Waals surface area contributed by atoms with E-state index >= 15 is 0 Å². The van der Waals surface area contributed by atoms with Crippen molar-refractivity contribution in [3.05, 3.63) is 29.6 Å². The van der Waals surface area contributed by atoms with E-state index in [2.05, 4.69) is 6.92 Å². The van der Waals surface area contributed by atoms with Crippen LogP contribution < -0.4 is 4.74 Å². The molecule has 0 N–H and O–H groups in total. The third kappa shape index (κ3) is 4.92. The highest BCUT2D eigenvalue weighted by Gasteiger charge is 2.43. The molecule has 0 amide bonds. The fourth-order valence-electron chi connectivity index (χ4n) is 6.95. The minimum atomic E-state index is -0.432. The average molecular weight is 415 g/mol. The van der Waals surface area contributed by atoms with Gasteiger partial charge in [0, 0.05) is 0 Å². The van der Waals surface area contributed by atoms with Gasteiger partial charge in [-0.25, -0.2) is 4.39 Å². The zero-order chi connectivity index (χ0) is 21.1. The first-order chi connectivity index (χ1) is 14.5. The normalized spacial score (nSPS) is 34.2. The summed E-state index contributed by atoms with van der Waals surface area (Å²) in [5, 5.41) is 0. The number of hydrogen-bond donors (Lipinski definition) is 0. The lowest BCUT2D eigenvalue weighted by Gasteiger charge is -2.46. The van der Waals surface area contributed by atoms with Crippen molar-refractivity contribution in [2.45, 2.75) is 90.9 Å². The lowest BCUT2D eigenvalue weighted by Crippen LogP contribution is -2.40. The lowest BCUT2D eigenvalue weighted by atomic mass is 9.59. The fourth-order valence-corrected chi connectivity index (χ4v) is 6.95. The van der Waals surface area contributed by atoms with E-state index in [0.717, 1.165) is 42.6 Å². The summed E-state index contributed by atoms with van der Waals surface area (Å²) < 4.78 is 19.7. The number of rotatable bonds is 5. The number of ether oxygens (including phenoxy) is 1. The third-order valence-corrected chi connectivity index (χ3v) is 8.54. The highest BCUT2D eigenvalue weighted by Crippen LogP contribution is 2.50. The molecule has 0 bridgehead atoms. The van der Waals surface area contributed by atoms with Gasteiger partial charge in [0.25, 0.3) is 0 Å². The van der Waals surface area contributed by atoms with Crippen LogP contribution in [-0.2, 0) is 4.79 Å². The molecule has 0 spiro atoms. The maximum absolute atomic E-state index is 14.2. The number of esters is 1. The van der Waals surface area contributed by atoms with E-state index in [9.17, 15) is 9.18 Å². The highest BCUT2D eigenvalue weighted by molar-refractivity contribution is 5.75. The zero-order valence-electron chi connectivity index (χ0n) is 18.9. The molecule has 4 unspecified atom stereocenters. The van der Waals surface area contributed by atoms with Crippen molar-refractivity contribution in [1.82, 2.24) is 0 Å². The maximum Gasteiger partial charge on any atom is 0.314 e. The van der Waals surface area contributed by atoms with Crippen molar-refractivity contribution < 1.29 is 13.9 Å². The van der Waals surface area contributed by atoms with Crippen LogP contribution in [0.2, 0.25) is 0 Å². The predicted molar refractivity (Wildman–Crippen MR) is 119 cm³/mol. The van der Waals surface area contributed by atoms with Crippen LogP contribution in [0.4, 0.5) is 4.39 Å². The predicted octanol–water partition coefficient (Wildman–Crippen LogP) is 7.48. The first-order valence-corrected chi connectivity index (χ1v) is 12.5. The van der Waals surface area contributed by atoms with E-state index in [1.807, 2.05) is 6.92 Å². The monoisotopic (exact) mass is 414 g/mol.